The van der Waals surface area contributed by atoms with E-state index >= 15 is 0 Å². The summed E-state index contributed by atoms with van der Waals surface area (Å²) in [7, 11) is 1.32. The number of phosphoric ester groups is 1. The van der Waals surface area contributed by atoms with Crippen LogP contribution in [0.25, 0.3) is 0 Å². The van der Waals surface area contributed by atoms with Gasteiger partial charge in [-0.05, 0) is 70.6 Å². The number of aliphatic hydroxyl groups is 1. The molecule has 63 heavy (non-hydrogen) atoms. The predicted octanol–water partition coefficient (Wildman–Crippen LogP) is 13.3. The van der Waals surface area contributed by atoms with Gasteiger partial charge in [-0.2, -0.15) is 0 Å². The zero-order chi connectivity index (χ0) is 46.5. The lowest BCUT2D eigenvalue weighted by Crippen LogP contribution is -2.37. The quantitative estimate of drug-likeness (QED) is 0.0153. The number of aliphatic hydroxyl groups excluding tert-OH is 1. The SMILES string of the molecule is CC/C=C\C/C=C\C/C=C\C/C=C\C/C=C\C=C/C(O)CCC(=O)O[C@H](COC(=O)CCCCCCCCCCC/C=C\CCCCCCCC)COP(=O)(O)OCC[N+](C)(C)C. The third-order valence-electron chi connectivity index (χ3n) is 10.0. The number of phosphoric acid groups is 1. The van der Waals surface area contributed by atoms with Gasteiger partial charge >= 0.3 is 19.8 Å². The lowest BCUT2D eigenvalue weighted by Gasteiger charge is -2.24. The third kappa shape index (κ3) is 46.9. The van der Waals surface area contributed by atoms with Crippen molar-refractivity contribution >= 4 is 19.8 Å². The Morgan fingerprint density at radius 3 is 1.63 bits per heavy atom. The van der Waals surface area contributed by atoms with Gasteiger partial charge in [0.25, 0.3) is 0 Å². The van der Waals surface area contributed by atoms with Gasteiger partial charge in [0.1, 0.15) is 19.8 Å². The summed E-state index contributed by atoms with van der Waals surface area (Å²) in [5, 5.41) is 10.4. The van der Waals surface area contributed by atoms with Crippen molar-refractivity contribution in [3.63, 3.8) is 0 Å². The van der Waals surface area contributed by atoms with Crippen molar-refractivity contribution in [3.8, 4) is 0 Å². The standard InChI is InChI=1S/C52H90NO9P/c1-6-8-10-12-14-16-18-20-22-24-25-26-28-30-32-34-36-38-40-42-51(55)59-47-50(48-61-63(57,58)60-46-45-53(3,4)5)62-52(56)44-43-49(54)41-39-37-35-33-31-29-27-23-21-19-17-15-13-11-9-7-2/h9,11,15,17,20-23,29,31,35,37,39,41,49-50,54H,6-8,10,12-14,16,18-19,24-28,30,32-34,36,38,40,42-48H2,1-5H3/p+1/b11-9-,17-15-,22-20-,23-21-,31-29-,37-35-,41-39-/t49?,50-/m1/s1. The molecule has 0 saturated carbocycles. The maximum Gasteiger partial charge on any atom is 0.472 e. The maximum atomic E-state index is 12.7. The normalized spacial score (nSPS) is 14.7. The van der Waals surface area contributed by atoms with E-state index in [0.717, 1.165) is 51.4 Å². The summed E-state index contributed by atoms with van der Waals surface area (Å²) in [6, 6.07) is 0. The summed E-state index contributed by atoms with van der Waals surface area (Å²) >= 11 is 0. The van der Waals surface area contributed by atoms with Crippen molar-refractivity contribution in [2.45, 2.75) is 187 Å². The first-order valence-electron chi connectivity index (χ1n) is 24.4. The predicted molar refractivity (Wildman–Crippen MR) is 262 cm³/mol. The summed E-state index contributed by atoms with van der Waals surface area (Å²) in [4.78, 5) is 35.5. The van der Waals surface area contributed by atoms with E-state index in [0.29, 0.717) is 17.4 Å². The number of likely N-dealkylation sites (N-methyl/N-ethyl adjacent to an activating group) is 1. The molecule has 362 valence electrons. The van der Waals surface area contributed by atoms with Crippen LogP contribution in [0, 0.1) is 0 Å². The number of carbonyl (C=O) groups excluding carboxylic acids is 2. The zero-order valence-electron chi connectivity index (χ0n) is 40.4. The highest BCUT2D eigenvalue weighted by Gasteiger charge is 2.27. The number of hydrogen-bond donors (Lipinski definition) is 2. The van der Waals surface area contributed by atoms with Crippen LogP contribution in [0.1, 0.15) is 174 Å². The molecule has 0 aromatic rings. The molecule has 0 aliphatic carbocycles. The summed E-state index contributed by atoms with van der Waals surface area (Å²) in [6.45, 7) is 4.02. The highest BCUT2D eigenvalue weighted by Crippen LogP contribution is 2.43. The molecule has 0 bridgehead atoms. The van der Waals surface area contributed by atoms with E-state index in [1.807, 2.05) is 33.3 Å². The minimum absolute atomic E-state index is 0.0149. The first-order chi connectivity index (χ1) is 30.4. The lowest BCUT2D eigenvalue weighted by atomic mass is 10.1. The van der Waals surface area contributed by atoms with E-state index in [4.69, 9.17) is 18.5 Å². The summed E-state index contributed by atoms with van der Waals surface area (Å²) < 4.78 is 34.2. The van der Waals surface area contributed by atoms with Crippen LogP contribution >= 0.6 is 7.82 Å². The van der Waals surface area contributed by atoms with Crippen molar-refractivity contribution in [1.82, 2.24) is 0 Å². The van der Waals surface area contributed by atoms with Crippen LogP contribution < -0.4 is 0 Å². The number of nitrogens with zero attached hydrogens (tertiary/aromatic N) is 1. The van der Waals surface area contributed by atoms with Gasteiger partial charge in [0.2, 0.25) is 0 Å². The Hall–Kier alpha value is -2.85. The Bertz CT molecular complexity index is 1360. The fraction of sp³-hybridized carbons (Fsp3) is 0.692. The van der Waals surface area contributed by atoms with Crippen molar-refractivity contribution in [2.75, 3.05) is 47.5 Å². The Kier molecular flexibility index (Phi) is 41.1. The molecule has 0 aliphatic heterocycles. The molecule has 0 amide bonds. The number of carbonyl (C=O) groups is 2. The van der Waals surface area contributed by atoms with Crippen molar-refractivity contribution in [3.05, 3.63) is 85.1 Å². The van der Waals surface area contributed by atoms with E-state index in [2.05, 4.69) is 74.6 Å². The first kappa shape index (κ1) is 60.2. The minimum Gasteiger partial charge on any atom is -0.462 e. The molecule has 0 heterocycles. The largest absolute Gasteiger partial charge is 0.472 e. The summed E-state index contributed by atoms with van der Waals surface area (Å²) in [5.74, 6) is -1.09. The Labute approximate surface area is 384 Å². The van der Waals surface area contributed by atoms with Gasteiger partial charge in [-0.1, -0.05) is 176 Å². The Balaban J connectivity index is 4.52. The van der Waals surface area contributed by atoms with Gasteiger partial charge in [0.05, 0.1) is 33.9 Å². The fourth-order valence-corrected chi connectivity index (χ4v) is 6.92. The Morgan fingerprint density at radius 2 is 1.10 bits per heavy atom. The van der Waals surface area contributed by atoms with Crippen LogP contribution in [0.2, 0.25) is 0 Å². The second-order valence-electron chi connectivity index (χ2n) is 17.3. The van der Waals surface area contributed by atoms with Crippen LogP contribution in [0.5, 0.6) is 0 Å². The molecule has 0 aromatic carbocycles. The van der Waals surface area contributed by atoms with Crippen LogP contribution in [0.15, 0.2) is 85.1 Å². The van der Waals surface area contributed by atoms with Gasteiger partial charge in [0.15, 0.2) is 6.10 Å². The van der Waals surface area contributed by atoms with Crippen LogP contribution in [0.3, 0.4) is 0 Å². The molecule has 0 fully saturated rings. The fourth-order valence-electron chi connectivity index (χ4n) is 6.18. The van der Waals surface area contributed by atoms with E-state index in [9.17, 15) is 24.2 Å². The zero-order valence-corrected chi connectivity index (χ0v) is 41.3. The molecule has 2 unspecified atom stereocenters. The van der Waals surface area contributed by atoms with Gasteiger partial charge in [-0.25, -0.2) is 4.57 Å². The molecule has 0 spiro atoms. The highest BCUT2D eigenvalue weighted by atomic mass is 31.2. The van der Waals surface area contributed by atoms with Gasteiger partial charge < -0.3 is 24.0 Å². The highest BCUT2D eigenvalue weighted by molar-refractivity contribution is 7.47. The van der Waals surface area contributed by atoms with Crippen LogP contribution in [-0.2, 0) is 32.7 Å². The van der Waals surface area contributed by atoms with Crippen molar-refractivity contribution < 1.29 is 47.2 Å². The number of hydrogen-bond acceptors (Lipinski definition) is 8. The second kappa shape index (κ2) is 43.1. The van der Waals surface area contributed by atoms with Crippen molar-refractivity contribution in [2.24, 2.45) is 0 Å². The average molecular weight is 905 g/mol. The van der Waals surface area contributed by atoms with Gasteiger partial charge in [-0.3, -0.25) is 18.6 Å². The van der Waals surface area contributed by atoms with Crippen LogP contribution in [0.4, 0.5) is 0 Å². The molecule has 0 aromatic heterocycles. The molecular weight excluding hydrogens is 814 g/mol. The topological polar surface area (TPSA) is 129 Å². The molecular formula is C52H91NO9P+. The molecule has 10 nitrogen and oxygen atoms in total. The number of ether oxygens (including phenoxy) is 2. The molecule has 2 N–H and O–H groups in total. The number of esters is 2. The molecule has 0 saturated heterocycles. The van der Waals surface area contributed by atoms with Gasteiger partial charge in [0, 0.05) is 12.8 Å². The Morgan fingerprint density at radius 1 is 0.587 bits per heavy atom. The number of quaternary nitrogens is 1. The molecule has 0 radical (unpaired) electrons. The summed E-state index contributed by atoms with van der Waals surface area (Å²) in [5.41, 5.74) is 0. The van der Waals surface area contributed by atoms with Crippen LogP contribution in [-0.4, -0.2) is 86.1 Å². The number of rotatable bonds is 43. The lowest BCUT2D eigenvalue weighted by molar-refractivity contribution is -0.870. The summed E-state index contributed by atoms with van der Waals surface area (Å²) in [6.07, 6.45) is 52.5. The number of allylic oxidation sites excluding steroid dienone is 13. The maximum absolute atomic E-state index is 12.7. The third-order valence-corrected chi connectivity index (χ3v) is 11.0. The smallest absolute Gasteiger partial charge is 0.462 e. The molecule has 0 aliphatic rings. The van der Waals surface area contributed by atoms with Gasteiger partial charge in [-0.15, -0.1) is 0 Å². The molecule has 3 atom stereocenters. The second-order valence-corrected chi connectivity index (χ2v) is 18.8. The molecule has 0 rings (SSSR count). The van der Waals surface area contributed by atoms with E-state index < -0.39 is 38.6 Å². The van der Waals surface area contributed by atoms with E-state index in [1.54, 1.807) is 12.2 Å². The average Bonchev–Trinajstić information content (AvgIpc) is 3.24. The van der Waals surface area contributed by atoms with E-state index in [-0.39, 0.29) is 32.5 Å². The van der Waals surface area contributed by atoms with E-state index in [1.165, 1.54) is 83.5 Å². The monoisotopic (exact) mass is 905 g/mol. The first-order valence-corrected chi connectivity index (χ1v) is 25.9. The molecule has 11 heteroatoms. The van der Waals surface area contributed by atoms with Crippen molar-refractivity contribution in [1.29, 1.82) is 0 Å². The minimum atomic E-state index is -4.45. The number of unbranched alkanes of at least 4 members (excludes halogenated alkanes) is 15.